The highest BCUT2D eigenvalue weighted by molar-refractivity contribution is 7.89. The fourth-order valence-corrected chi connectivity index (χ4v) is 4.94. The Bertz CT molecular complexity index is 769. The maximum atomic E-state index is 12.9. The van der Waals surface area contributed by atoms with Crippen molar-refractivity contribution < 1.29 is 22.7 Å². The summed E-state index contributed by atoms with van der Waals surface area (Å²) < 4.78 is 32.5. The van der Waals surface area contributed by atoms with Crippen LogP contribution in [-0.2, 0) is 19.6 Å². The highest BCUT2D eigenvalue weighted by Crippen LogP contribution is 2.25. The number of piperidine rings is 1. The first-order valence-electron chi connectivity index (χ1n) is 8.87. The normalized spacial score (nSPS) is 22.2. The Balaban J connectivity index is 1.73. The molecule has 26 heavy (non-hydrogen) atoms. The van der Waals surface area contributed by atoms with Gasteiger partial charge in [0.05, 0.1) is 24.0 Å². The van der Waals surface area contributed by atoms with E-state index >= 15 is 0 Å². The first-order valence-corrected chi connectivity index (χ1v) is 10.3. The molecule has 2 aliphatic rings. The number of hydrogen-bond donors (Lipinski definition) is 0. The van der Waals surface area contributed by atoms with Crippen molar-refractivity contribution >= 4 is 21.7 Å². The third kappa shape index (κ3) is 3.97. The Kier molecular flexibility index (Phi) is 5.74. The van der Waals surface area contributed by atoms with E-state index in [0.717, 1.165) is 0 Å². The minimum Gasteiger partial charge on any atom is -0.378 e. The van der Waals surface area contributed by atoms with Crippen molar-refractivity contribution in [3.05, 3.63) is 29.8 Å². The molecule has 1 aromatic rings. The number of hydrogen-bond acceptors (Lipinski definition) is 5. The second-order valence-corrected chi connectivity index (χ2v) is 8.66. The van der Waals surface area contributed by atoms with Crippen molar-refractivity contribution in [3.8, 4) is 0 Å². The molecule has 2 heterocycles. The summed E-state index contributed by atoms with van der Waals surface area (Å²) >= 11 is 0. The summed E-state index contributed by atoms with van der Waals surface area (Å²) in [5, 5.41) is 0. The van der Waals surface area contributed by atoms with Crippen LogP contribution in [0.4, 0.5) is 0 Å². The van der Waals surface area contributed by atoms with Crippen LogP contribution in [0.2, 0.25) is 0 Å². The fourth-order valence-electron chi connectivity index (χ4n) is 3.41. The van der Waals surface area contributed by atoms with Gasteiger partial charge in [0, 0.05) is 31.7 Å². The van der Waals surface area contributed by atoms with Crippen molar-refractivity contribution in [2.75, 3.05) is 39.4 Å². The van der Waals surface area contributed by atoms with E-state index in [4.69, 9.17) is 4.74 Å². The number of ketones is 1. The van der Waals surface area contributed by atoms with E-state index in [9.17, 15) is 18.0 Å². The smallest absolute Gasteiger partial charge is 0.243 e. The SMILES string of the molecule is CC(=O)c1ccc(S(=O)(=O)N2CCCC(C(=O)N3CCOCC3)C2)cc1. The zero-order valence-corrected chi connectivity index (χ0v) is 15.7. The standard InChI is InChI=1S/C18H24N2O5S/c1-14(21)15-4-6-17(7-5-15)26(23,24)20-8-2-3-16(13-20)18(22)19-9-11-25-12-10-19/h4-7,16H,2-3,8-13H2,1H3. The van der Waals surface area contributed by atoms with Crippen molar-refractivity contribution in [1.82, 2.24) is 9.21 Å². The highest BCUT2D eigenvalue weighted by Gasteiger charge is 2.35. The molecule has 1 amide bonds. The number of carbonyl (C=O) groups is 2. The third-order valence-corrected chi connectivity index (χ3v) is 6.83. The minimum absolute atomic E-state index is 0.0140. The van der Waals surface area contributed by atoms with Gasteiger partial charge in [-0.1, -0.05) is 12.1 Å². The second-order valence-electron chi connectivity index (χ2n) is 6.72. The lowest BCUT2D eigenvalue weighted by Crippen LogP contribution is -2.49. The molecule has 0 aliphatic carbocycles. The Morgan fingerprint density at radius 1 is 1.08 bits per heavy atom. The van der Waals surface area contributed by atoms with Gasteiger partial charge in [-0.15, -0.1) is 0 Å². The number of nitrogens with zero attached hydrogens (tertiary/aromatic N) is 2. The van der Waals surface area contributed by atoms with E-state index < -0.39 is 10.0 Å². The molecule has 1 atom stereocenters. The van der Waals surface area contributed by atoms with Crippen molar-refractivity contribution in [3.63, 3.8) is 0 Å². The molecule has 0 spiro atoms. The largest absolute Gasteiger partial charge is 0.378 e. The molecule has 0 radical (unpaired) electrons. The molecule has 0 saturated carbocycles. The van der Waals surface area contributed by atoms with E-state index in [-0.39, 0.29) is 29.0 Å². The number of amides is 1. The lowest BCUT2D eigenvalue weighted by atomic mass is 9.98. The van der Waals surface area contributed by atoms with Crippen LogP contribution in [0.1, 0.15) is 30.1 Å². The first kappa shape index (κ1) is 19.0. The highest BCUT2D eigenvalue weighted by atomic mass is 32.2. The van der Waals surface area contributed by atoms with Gasteiger partial charge >= 0.3 is 0 Å². The molecule has 1 aromatic carbocycles. The summed E-state index contributed by atoms with van der Waals surface area (Å²) in [5.74, 6) is -0.406. The van der Waals surface area contributed by atoms with E-state index in [1.165, 1.54) is 35.5 Å². The molecule has 142 valence electrons. The van der Waals surface area contributed by atoms with Gasteiger partial charge in [-0.2, -0.15) is 4.31 Å². The van der Waals surface area contributed by atoms with Gasteiger partial charge in [0.15, 0.2) is 5.78 Å². The maximum absolute atomic E-state index is 12.9. The van der Waals surface area contributed by atoms with Crippen LogP contribution < -0.4 is 0 Å². The number of Topliss-reactive ketones (excluding diaryl/α,β-unsaturated/α-hetero) is 1. The monoisotopic (exact) mass is 380 g/mol. The van der Waals surface area contributed by atoms with E-state index in [1.54, 1.807) is 4.90 Å². The fraction of sp³-hybridized carbons (Fsp3) is 0.556. The maximum Gasteiger partial charge on any atom is 0.243 e. The predicted molar refractivity (Wildman–Crippen MR) is 95.3 cm³/mol. The number of ether oxygens (including phenoxy) is 1. The zero-order chi connectivity index (χ0) is 18.7. The van der Waals surface area contributed by atoms with Gasteiger partial charge in [-0.25, -0.2) is 8.42 Å². The minimum atomic E-state index is -3.68. The van der Waals surface area contributed by atoms with Crippen LogP contribution in [0.15, 0.2) is 29.2 Å². The lowest BCUT2D eigenvalue weighted by Gasteiger charge is -2.35. The second kappa shape index (κ2) is 7.85. The van der Waals surface area contributed by atoms with Gasteiger partial charge in [0.25, 0.3) is 0 Å². The molecule has 2 fully saturated rings. The molecule has 0 bridgehead atoms. The number of benzene rings is 1. The van der Waals surface area contributed by atoms with Gasteiger partial charge in [-0.05, 0) is 31.9 Å². The number of rotatable bonds is 4. The Hall–Kier alpha value is -1.77. The van der Waals surface area contributed by atoms with Gasteiger partial charge in [0.1, 0.15) is 0 Å². The summed E-state index contributed by atoms with van der Waals surface area (Å²) in [4.78, 5) is 26.0. The molecule has 2 aliphatic heterocycles. The molecule has 8 heteroatoms. The quantitative estimate of drug-likeness (QED) is 0.732. The van der Waals surface area contributed by atoms with Crippen LogP contribution in [0.5, 0.6) is 0 Å². The van der Waals surface area contributed by atoms with Crippen LogP contribution in [0.25, 0.3) is 0 Å². The summed E-state index contributed by atoms with van der Waals surface area (Å²) in [6, 6.07) is 5.96. The molecule has 7 nitrogen and oxygen atoms in total. The van der Waals surface area contributed by atoms with Crippen LogP contribution >= 0.6 is 0 Å². The molecular weight excluding hydrogens is 356 g/mol. The van der Waals surface area contributed by atoms with Crippen molar-refractivity contribution in [2.45, 2.75) is 24.7 Å². The summed E-state index contributed by atoms with van der Waals surface area (Å²) in [6.45, 7) is 4.24. The molecule has 0 N–H and O–H groups in total. The topological polar surface area (TPSA) is 84.0 Å². The summed E-state index contributed by atoms with van der Waals surface area (Å²) in [6.07, 6.45) is 1.36. The number of morpholine rings is 1. The molecule has 3 rings (SSSR count). The lowest BCUT2D eigenvalue weighted by molar-refractivity contribution is -0.140. The van der Waals surface area contributed by atoms with Gasteiger partial charge < -0.3 is 9.64 Å². The molecular formula is C18H24N2O5S. The molecule has 2 saturated heterocycles. The predicted octanol–water partition coefficient (Wildman–Crippen LogP) is 1.15. The van der Waals surface area contributed by atoms with E-state index in [2.05, 4.69) is 0 Å². The van der Waals surface area contributed by atoms with Crippen molar-refractivity contribution in [2.24, 2.45) is 5.92 Å². The van der Waals surface area contributed by atoms with E-state index in [1.807, 2.05) is 0 Å². The first-order chi connectivity index (χ1) is 12.4. The van der Waals surface area contributed by atoms with E-state index in [0.29, 0.717) is 51.3 Å². The molecule has 1 unspecified atom stereocenters. The number of sulfonamides is 1. The average molecular weight is 380 g/mol. The summed E-state index contributed by atoms with van der Waals surface area (Å²) in [7, 11) is -3.68. The van der Waals surface area contributed by atoms with Crippen molar-refractivity contribution in [1.29, 1.82) is 0 Å². The Labute approximate surface area is 154 Å². The third-order valence-electron chi connectivity index (χ3n) is 4.95. The average Bonchev–Trinajstić information content (AvgIpc) is 2.68. The van der Waals surface area contributed by atoms with Crippen LogP contribution in [-0.4, -0.2) is 68.7 Å². The Morgan fingerprint density at radius 3 is 2.35 bits per heavy atom. The summed E-state index contributed by atoms with van der Waals surface area (Å²) in [5.41, 5.74) is 0.475. The molecule has 0 aromatic heterocycles. The Morgan fingerprint density at radius 2 is 1.73 bits per heavy atom. The van der Waals surface area contributed by atoms with Crippen LogP contribution in [0, 0.1) is 5.92 Å². The van der Waals surface area contributed by atoms with Crippen LogP contribution in [0.3, 0.4) is 0 Å². The van der Waals surface area contributed by atoms with Gasteiger partial charge in [-0.3, -0.25) is 9.59 Å². The number of carbonyl (C=O) groups excluding carboxylic acids is 2. The van der Waals surface area contributed by atoms with Gasteiger partial charge in [0.2, 0.25) is 15.9 Å². The zero-order valence-electron chi connectivity index (χ0n) is 14.9.